The molecule has 0 nitrogen and oxygen atoms in total. The van der Waals surface area contributed by atoms with Gasteiger partial charge in [-0.15, -0.1) is 0 Å². The molecule has 0 aromatic carbocycles. The molecular formula is C5H5BCl2. The third kappa shape index (κ3) is 1.30. The lowest BCUT2D eigenvalue weighted by Crippen LogP contribution is -1.95. The SMILES string of the molecule is ClB(Cl)C1=CC=CC1. The Balaban J connectivity index is 2.51. The maximum atomic E-state index is 5.54. The Morgan fingerprint density at radius 3 is 2.50 bits per heavy atom. The molecular weight excluding hydrogens is 142 g/mol. The fraction of sp³-hybridized carbons (Fsp3) is 0.200. The van der Waals surface area contributed by atoms with E-state index in [1.54, 1.807) is 0 Å². The minimum absolute atomic E-state index is 0.315. The molecule has 0 unspecified atom stereocenters. The van der Waals surface area contributed by atoms with E-state index in [1.807, 2.05) is 18.2 Å². The quantitative estimate of drug-likeness (QED) is 0.499. The van der Waals surface area contributed by atoms with E-state index < -0.39 is 0 Å². The average Bonchev–Trinajstić information content (AvgIpc) is 2.12. The molecule has 0 bridgehead atoms. The average molecular weight is 147 g/mol. The summed E-state index contributed by atoms with van der Waals surface area (Å²) >= 11 is 11.1. The van der Waals surface area contributed by atoms with Crippen molar-refractivity contribution in [3.05, 3.63) is 23.7 Å². The predicted octanol–water partition coefficient (Wildman–Crippen LogP) is 2.38. The molecule has 0 heterocycles. The summed E-state index contributed by atoms with van der Waals surface area (Å²) in [6, 6.07) is 0. The van der Waals surface area contributed by atoms with E-state index in [4.69, 9.17) is 22.9 Å². The van der Waals surface area contributed by atoms with Crippen molar-refractivity contribution in [3.63, 3.8) is 0 Å². The summed E-state index contributed by atoms with van der Waals surface area (Å²) < 4.78 is 0. The molecule has 0 amide bonds. The maximum absolute atomic E-state index is 5.54. The summed E-state index contributed by atoms with van der Waals surface area (Å²) in [5.74, 6) is 0. The number of hydrogen-bond donors (Lipinski definition) is 0. The molecule has 1 aliphatic rings. The van der Waals surface area contributed by atoms with Crippen LogP contribution in [0.15, 0.2) is 23.7 Å². The Morgan fingerprint density at radius 2 is 2.25 bits per heavy atom. The number of halogens is 2. The third-order valence-corrected chi connectivity index (χ3v) is 1.64. The van der Waals surface area contributed by atoms with Crippen LogP contribution in [0.2, 0.25) is 0 Å². The van der Waals surface area contributed by atoms with Crippen LogP contribution in [0.1, 0.15) is 6.42 Å². The molecule has 0 fully saturated rings. The molecule has 3 heteroatoms. The number of allylic oxidation sites excluding steroid dienone is 4. The lowest BCUT2D eigenvalue weighted by atomic mass is 9.92. The highest BCUT2D eigenvalue weighted by Crippen LogP contribution is 2.18. The van der Waals surface area contributed by atoms with Crippen molar-refractivity contribution >= 4 is 28.5 Å². The Kier molecular flexibility index (Phi) is 2.04. The van der Waals surface area contributed by atoms with Gasteiger partial charge in [-0.3, -0.25) is 0 Å². The summed E-state index contributed by atoms with van der Waals surface area (Å²) in [7, 11) is 0. The first-order chi connectivity index (χ1) is 3.80. The molecule has 0 aliphatic heterocycles. The van der Waals surface area contributed by atoms with Gasteiger partial charge in [0.05, 0.1) is 0 Å². The van der Waals surface area contributed by atoms with E-state index in [1.165, 1.54) is 0 Å². The molecule has 0 spiro atoms. The van der Waals surface area contributed by atoms with Gasteiger partial charge in [0, 0.05) is 0 Å². The first-order valence-electron chi connectivity index (χ1n) is 2.44. The summed E-state index contributed by atoms with van der Waals surface area (Å²) in [4.78, 5) is 0. The second-order valence-corrected chi connectivity index (χ2v) is 2.77. The highest BCUT2D eigenvalue weighted by molar-refractivity contribution is 7.37. The van der Waals surface area contributed by atoms with E-state index in [9.17, 15) is 0 Å². The van der Waals surface area contributed by atoms with Gasteiger partial charge in [-0.2, -0.15) is 22.9 Å². The van der Waals surface area contributed by atoms with Crippen molar-refractivity contribution in [1.29, 1.82) is 0 Å². The van der Waals surface area contributed by atoms with E-state index in [0.717, 1.165) is 11.9 Å². The normalized spacial score (nSPS) is 16.5. The van der Waals surface area contributed by atoms with Crippen LogP contribution in [-0.2, 0) is 0 Å². The highest BCUT2D eigenvalue weighted by Gasteiger charge is 2.12. The van der Waals surface area contributed by atoms with Crippen molar-refractivity contribution in [2.75, 3.05) is 0 Å². The van der Waals surface area contributed by atoms with Gasteiger partial charge >= 0.3 is 5.54 Å². The topological polar surface area (TPSA) is 0 Å². The van der Waals surface area contributed by atoms with E-state index >= 15 is 0 Å². The van der Waals surface area contributed by atoms with Gasteiger partial charge in [-0.1, -0.05) is 23.7 Å². The lowest BCUT2D eigenvalue weighted by Gasteiger charge is -1.93. The summed E-state index contributed by atoms with van der Waals surface area (Å²) in [6.07, 6.45) is 6.86. The molecule has 0 radical (unpaired) electrons. The maximum Gasteiger partial charge on any atom is 0.379 e. The standard InChI is InChI=1S/C5H5BCl2/c7-6(8)5-3-1-2-4-5/h1-3H,4H2. The molecule has 8 heavy (non-hydrogen) atoms. The molecule has 1 aliphatic carbocycles. The van der Waals surface area contributed by atoms with Gasteiger partial charge in [-0.05, 0) is 6.42 Å². The van der Waals surface area contributed by atoms with Crippen molar-refractivity contribution in [2.45, 2.75) is 6.42 Å². The molecule has 0 aromatic rings. The largest absolute Gasteiger partial charge is 0.379 e. The van der Waals surface area contributed by atoms with Gasteiger partial charge in [0.15, 0.2) is 0 Å². The first-order valence-corrected chi connectivity index (χ1v) is 3.32. The van der Waals surface area contributed by atoms with Crippen LogP contribution >= 0.6 is 22.9 Å². The summed E-state index contributed by atoms with van der Waals surface area (Å²) in [5, 5.41) is 0. The molecule has 0 saturated carbocycles. The van der Waals surface area contributed by atoms with Crippen molar-refractivity contribution in [1.82, 2.24) is 0 Å². The Labute approximate surface area is 59.1 Å². The fourth-order valence-electron chi connectivity index (χ4n) is 0.626. The van der Waals surface area contributed by atoms with Gasteiger partial charge in [0.1, 0.15) is 0 Å². The van der Waals surface area contributed by atoms with Gasteiger partial charge in [-0.25, -0.2) is 0 Å². The molecule has 0 atom stereocenters. The number of rotatable bonds is 1. The second kappa shape index (κ2) is 2.61. The second-order valence-electron chi connectivity index (χ2n) is 1.67. The van der Waals surface area contributed by atoms with Gasteiger partial charge < -0.3 is 0 Å². The van der Waals surface area contributed by atoms with Crippen molar-refractivity contribution < 1.29 is 0 Å². The fourth-order valence-corrected chi connectivity index (χ4v) is 0.949. The van der Waals surface area contributed by atoms with Crippen molar-refractivity contribution in [3.8, 4) is 0 Å². The van der Waals surface area contributed by atoms with Crippen LogP contribution in [0.4, 0.5) is 0 Å². The first kappa shape index (κ1) is 6.25. The zero-order valence-electron chi connectivity index (χ0n) is 4.27. The van der Waals surface area contributed by atoms with Gasteiger partial charge in [0.25, 0.3) is 0 Å². The minimum Gasteiger partial charge on any atom is -0.165 e. The lowest BCUT2D eigenvalue weighted by molar-refractivity contribution is 1.40. The minimum atomic E-state index is -0.315. The predicted molar refractivity (Wildman–Crippen MR) is 39.3 cm³/mol. The van der Waals surface area contributed by atoms with Crippen LogP contribution < -0.4 is 0 Å². The van der Waals surface area contributed by atoms with Crippen LogP contribution in [0.25, 0.3) is 0 Å². The highest BCUT2D eigenvalue weighted by atomic mass is 35.5. The molecule has 0 aromatic heterocycles. The summed E-state index contributed by atoms with van der Waals surface area (Å²) in [6.45, 7) is 0. The zero-order valence-corrected chi connectivity index (χ0v) is 5.78. The van der Waals surface area contributed by atoms with Gasteiger partial charge in [0.2, 0.25) is 0 Å². The number of hydrogen-bond acceptors (Lipinski definition) is 0. The molecule has 0 saturated heterocycles. The molecule has 0 N–H and O–H groups in total. The smallest absolute Gasteiger partial charge is 0.165 e. The molecule has 1 rings (SSSR count). The van der Waals surface area contributed by atoms with E-state index in [2.05, 4.69) is 0 Å². The van der Waals surface area contributed by atoms with Crippen LogP contribution in [0, 0.1) is 0 Å². The monoisotopic (exact) mass is 146 g/mol. The third-order valence-electron chi connectivity index (χ3n) is 1.08. The Morgan fingerprint density at radius 1 is 1.50 bits per heavy atom. The van der Waals surface area contributed by atoms with E-state index in [-0.39, 0.29) is 5.54 Å². The van der Waals surface area contributed by atoms with Crippen LogP contribution in [-0.4, -0.2) is 5.54 Å². The van der Waals surface area contributed by atoms with Crippen molar-refractivity contribution in [2.24, 2.45) is 0 Å². The Bertz CT molecular complexity index is 137. The zero-order chi connectivity index (χ0) is 5.98. The summed E-state index contributed by atoms with van der Waals surface area (Å²) in [5.41, 5.74) is 0.776. The van der Waals surface area contributed by atoms with Crippen LogP contribution in [0.3, 0.4) is 0 Å². The Hall–Kier alpha value is 0.125. The van der Waals surface area contributed by atoms with E-state index in [0.29, 0.717) is 0 Å². The van der Waals surface area contributed by atoms with Crippen LogP contribution in [0.5, 0.6) is 0 Å². The molecule has 42 valence electrons.